The summed E-state index contributed by atoms with van der Waals surface area (Å²) in [5.74, 6) is 0.439. The Morgan fingerprint density at radius 2 is 1.97 bits per heavy atom. The first-order valence-corrected chi connectivity index (χ1v) is 12.7. The van der Waals surface area contributed by atoms with Crippen LogP contribution in [0.1, 0.15) is 23.1 Å². The van der Waals surface area contributed by atoms with Gasteiger partial charge in [-0.05, 0) is 67.7 Å². The predicted molar refractivity (Wildman–Crippen MR) is 136 cm³/mol. The molecule has 0 atom stereocenters. The van der Waals surface area contributed by atoms with Crippen molar-refractivity contribution in [3.8, 4) is 17.0 Å². The SMILES string of the molecule is COc1cc(-c2ccc3c(c2NC(=O)NS(=O)(=O)c2cccc(CN(C)C)c2N)CCC3)ccn1. The van der Waals surface area contributed by atoms with Crippen LogP contribution in [0.15, 0.2) is 53.6 Å². The fraction of sp³-hybridized carbons (Fsp3) is 0.280. The van der Waals surface area contributed by atoms with Crippen molar-refractivity contribution in [1.29, 1.82) is 0 Å². The lowest BCUT2D eigenvalue weighted by molar-refractivity contribution is 0.256. The first-order valence-electron chi connectivity index (χ1n) is 11.2. The maximum atomic E-state index is 13.1. The number of anilines is 2. The maximum Gasteiger partial charge on any atom is 0.333 e. The Morgan fingerprint density at radius 3 is 2.71 bits per heavy atom. The molecule has 0 spiro atoms. The number of methoxy groups -OCH3 is 1. The van der Waals surface area contributed by atoms with Gasteiger partial charge in [0.05, 0.1) is 18.5 Å². The molecule has 9 nitrogen and oxygen atoms in total. The van der Waals surface area contributed by atoms with Crippen molar-refractivity contribution in [2.45, 2.75) is 30.7 Å². The van der Waals surface area contributed by atoms with Gasteiger partial charge in [0.25, 0.3) is 10.0 Å². The van der Waals surface area contributed by atoms with Crippen molar-refractivity contribution in [3.05, 3.63) is 65.4 Å². The molecule has 0 saturated carbocycles. The Balaban J connectivity index is 1.65. The number of aromatic nitrogens is 1. The molecule has 4 N–H and O–H groups in total. The van der Waals surface area contributed by atoms with Crippen molar-refractivity contribution >= 4 is 27.4 Å². The highest BCUT2D eigenvalue weighted by Gasteiger charge is 2.25. The average Bonchev–Trinajstić information content (AvgIpc) is 3.29. The molecule has 35 heavy (non-hydrogen) atoms. The van der Waals surface area contributed by atoms with Crippen molar-refractivity contribution in [2.75, 3.05) is 32.3 Å². The summed E-state index contributed by atoms with van der Waals surface area (Å²) in [6, 6.07) is 11.5. The number of carbonyl (C=O) groups excluding carboxylic acids is 1. The van der Waals surface area contributed by atoms with Crippen molar-refractivity contribution < 1.29 is 17.9 Å². The van der Waals surface area contributed by atoms with Gasteiger partial charge in [-0.3, -0.25) is 0 Å². The van der Waals surface area contributed by atoms with Gasteiger partial charge in [-0.25, -0.2) is 22.9 Å². The van der Waals surface area contributed by atoms with Gasteiger partial charge >= 0.3 is 6.03 Å². The van der Waals surface area contributed by atoms with Crippen LogP contribution in [-0.2, 0) is 29.4 Å². The number of nitrogens with two attached hydrogens (primary N) is 1. The van der Waals surface area contributed by atoms with Gasteiger partial charge in [-0.15, -0.1) is 0 Å². The normalized spacial score (nSPS) is 12.9. The predicted octanol–water partition coefficient (Wildman–Crippen LogP) is 3.40. The summed E-state index contributed by atoms with van der Waals surface area (Å²) in [5.41, 5.74) is 11.2. The van der Waals surface area contributed by atoms with E-state index in [1.54, 1.807) is 24.4 Å². The molecule has 0 aliphatic heterocycles. The Morgan fingerprint density at radius 1 is 1.17 bits per heavy atom. The minimum absolute atomic E-state index is 0.117. The summed E-state index contributed by atoms with van der Waals surface area (Å²) < 4.78 is 33.5. The largest absolute Gasteiger partial charge is 0.481 e. The molecular weight excluding hydrogens is 466 g/mol. The van der Waals surface area contributed by atoms with E-state index < -0.39 is 16.1 Å². The van der Waals surface area contributed by atoms with Crippen molar-refractivity contribution in [2.24, 2.45) is 0 Å². The zero-order valence-corrected chi connectivity index (χ0v) is 20.8. The molecule has 184 valence electrons. The number of para-hydroxylation sites is 1. The number of rotatable bonds is 7. The van der Waals surface area contributed by atoms with Crippen LogP contribution >= 0.6 is 0 Å². The number of fused-ring (bicyclic) bond motifs is 1. The van der Waals surface area contributed by atoms with Gasteiger partial charge in [-0.1, -0.05) is 24.3 Å². The summed E-state index contributed by atoms with van der Waals surface area (Å²) in [6.07, 6.45) is 4.27. The number of hydrogen-bond acceptors (Lipinski definition) is 7. The summed E-state index contributed by atoms with van der Waals surface area (Å²) in [4.78, 5) is 18.9. The average molecular weight is 496 g/mol. The Bertz CT molecular complexity index is 1370. The molecule has 0 fully saturated rings. The monoisotopic (exact) mass is 495 g/mol. The third-order valence-corrected chi connectivity index (χ3v) is 7.33. The number of ether oxygens (including phenoxy) is 1. The van der Waals surface area contributed by atoms with E-state index >= 15 is 0 Å². The van der Waals surface area contributed by atoms with E-state index in [-0.39, 0.29) is 10.6 Å². The molecule has 0 bridgehead atoms. The van der Waals surface area contributed by atoms with Crippen molar-refractivity contribution in [1.82, 2.24) is 14.6 Å². The summed E-state index contributed by atoms with van der Waals surface area (Å²) in [6.45, 7) is 0.469. The van der Waals surface area contributed by atoms with Gasteiger partial charge in [0, 0.05) is 24.4 Å². The summed E-state index contributed by atoms with van der Waals surface area (Å²) in [7, 11) is 1.05. The Labute approximate surface area is 205 Å². The second-order valence-electron chi connectivity index (χ2n) is 8.69. The number of sulfonamides is 1. The molecule has 10 heteroatoms. The van der Waals surface area contributed by atoms with Crippen LogP contribution in [0.25, 0.3) is 11.1 Å². The number of nitrogen functional groups attached to an aromatic ring is 1. The van der Waals surface area contributed by atoms with E-state index in [2.05, 4.69) is 15.0 Å². The second-order valence-corrected chi connectivity index (χ2v) is 10.3. The third kappa shape index (κ3) is 5.23. The van der Waals surface area contributed by atoms with E-state index in [1.807, 2.05) is 37.2 Å². The minimum Gasteiger partial charge on any atom is -0.481 e. The lowest BCUT2D eigenvalue weighted by Crippen LogP contribution is -2.35. The summed E-state index contributed by atoms with van der Waals surface area (Å²) in [5, 5.41) is 2.80. The number of nitrogens with zero attached hydrogens (tertiary/aromatic N) is 2. The number of pyridine rings is 1. The first kappa shape index (κ1) is 24.5. The highest BCUT2D eigenvalue weighted by molar-refractivity contribution is 7.90. The number of hydrogen-bond donors (Lipinski definition) is 3. The number of aryl methyl sites for hydroxylation is 1. The van der Waals surface area contributed by atoms with E-state index in [1.165, 1.54) is 13.2 Å². The zero-order chi connectivity index (χ0) is 25.2. The lowest BCUT2D eigenvalue weighted by Gasteiger charge is -2.18. The molecule has 0 radical (unpaired) electrons. The van der Waals surface area contributed by atoms with E-state index in [0.29, 0.717) is 23.7 Å². The van der Waals surface area contributed by atoms with E-state index in [4.69, 9.17) is 10.5 Å². The van der Waals surface area contributed by atoms with Crippen molar-refractivity contribution in [3.63, 3.8) is 0 Å². The van der Waals surface area contributed by atoms with E-state index in [9.17, 15) is 13.2 Å². The molecule has 4 rings (SSSR count). The van der Waals surface area contributed by atoms with Crippen LogP contribution in [-0.4, -0.2) is 45.5 Å². The molecule has 2 aromatic carbocycles. The van der Waals surface area contributed by atoms with Crippen LogP contribution in [0.2, 0.25) is 0 Å². The molecule has 0 saturated heterocycles. The topological polar surface area (TPSA) is 127 Å². The zero-order valence-electron chi connectivity index (χ0n) is 20.0. The van der Waals surface area contributed by atoms with Gasteiger partial charge < -0.3 is 20.7 Å². The first-order chi connectivity index (χ1) is 16.7. The molecule has 3 aromatic rings. The third-order valence-electron chi connectivity index (χ3n) is 5.94. The Hall–Kier alpha value is -3.63. The standard InChI is InChI=1S/C25H29N5O4S/c1-30(2)15-18-7-5-9-21(23(18)26)35(32,33)29-25(31)28-24-19-8-4-6-16(19)10-11-20(24)17-12-13-27-22(14-17)34-3/h5,7,9-14H,4,6,8,15,26H2,1-3H3,(H2,28,29,31). The van der Waals surface area contributed by atoms with Gasteiger partial charge in [0.2, 0.25) is 5.88 Å². The van der Waals surface area contributed by atoms with Gasteiger partial charge in [-0.2, -0.15) is 0 Å². The smallest absolute Gasteiger partial charge is 0.333 e. The Kier molecular flexibility index (Phi) is 6.95. The highest BCUT2D eigenvalue weighted by Crippen LogP contribution is 2.38. The second kappa shape index (κ2) is 9.93. The van der Waals surface area contributed by atoms with Crippen LogP contribution in [0, 0.1) is 0 Å². The molecule has 2 amide bonds. The van der Waals surface area contributed by atoms with Crippen LogP contribution in [0.3, 0.4) is 0 Å². The number of nitrogens with one attached hydrogen (secondary N) is 2. The fourth-order valence-corrected chi connectivity index (χ4v) is 5.44. The number of carbonyl (C=O) groups is 1. The quantitative estimate of drug-likeness (QED) is 0.429. The highest BCUT2D eigenvalue weighted by atomic mass is 32.2. The fourth-order valence-electron chi connectivity index (χ4n) is 4.36. The number of benzene rings is 2. The molecule has 0 unspecified atom stereocenters. The summed E-state index contributed by atoms with van der Waals surface area (Å²) >= 11 is 0. The molecule has 1 heterocycles. The molecule has 1 aromatic heterocycles. The van der Waals surface area contributed by atoms with Crippen LogP contribution in [0.4, 0.5) is 16.2 Å². The maximum absolute atomic E-state index is 13.1. The number of amides is 2. The van der Waals surface area contributed by atoms with E-state index in [0.717, 1.165) is 41.5 Å². The van der Waals surface area contributed by atoms with Crippen LogP contribution in [0.5, 0.6) is 5.88 Å². The number of urea groups is 1. The molecule has 1 aliphatic carbocycles. The lowest BCUT2D eigenvalue weighted by atomic mass is 9.98. The minimum atomic E-state index is -4.21. The van der Waals surface area contributed by atoms with Crippen LogP contribution < -0.4 is 20.5 Å². The van der Waals surface area contributed by atoms with Gasteiger partial charge in [0.1, 0.15) is 4.90 Å². The van der Waals surface area contributed by atoms with Gasteiger partial charge in [0.15, 0.2) is 0 Å². The molecule has 1 aliphatic rings. The molecular formula is C25H29N5O4S.